The molecule has 3 amide bonds. The van der Waals surface area contributed by atoms with Crippen LogP contribution in [0.4, 0.5) is 4.79 Å². The van der Waals surface area contributed by atoms with Crippen LogP contribution in [-0.4, -0.2) is 11.9 Å². The maximum atomic E-state index is 12.5. The molecular formula is C22H15N3O2. The Morgan fingerprint density at radius 3 is 2.00 bits per heavy atom. The molecule has 1 aliphatic rings. The van der Waals surface area contributed by atoms with Crippen LogP contribution in [0.3, 0.4) is 0 Å². The summed E-state index contributed by atoms with van der Waals surface area (Å²) in [6.07, 6.45) is 0. The number of urea groups is 1. The molecule has 0 unspecified atom stereocenters. The molecule has 0 atom stereocenters. The smallest absolute Gasteiger partial charge is 0.322 e. The van der Waals surface area contributed by atoms with Crippen LogP contribution >= 0.6 is 0 Å². The molecule has 130 valence electrons. The van der Waals surface area contributed by atoms with Gasteiger partial charge in [-0.15, -0.1) is 0 Å². The Balaban J connectivity index is 1.57. The SMILES string of the molecule is N#Cc1ccccc1C(=O)NC(=O)NC1c2ccccc2-c2ccccc21. The molecule has 0 heterocycles. The Morgan fingerprint density at radius 2 is 1.37 bits per heavy atom. The number of nitriles is 1. The number of rotatable bonds is 2. The molecule has 0 radical (unpaired) electrons. The van der Waals surface area contributed by atoms with Crippen molar-refractivity contribution < 1.29 is 9.59 Å². The standard InChI is InChI=1S/C22H15N3O2/c23-13-14-7-1-2-8-15(14)21(26)25-22(27)24-20-18-11-5-3-9-16(18)17-10-4-6-12-19(17)20/h1-12,20H,(H2,24,25,26,27). The molecule has 27 heavy (non-hydrogen) atoms. The number of nitrogens with one attached hydrogen (secondary N) is 2. The maximum Gasteiger partial charge on any atom is 0.322 e. The van der Waals surface area contributed by atoms with E-state index < -0.39 is 11.9 Å². The highest BCUT2D eigenvalue weighted by atomic mass is 16.2. The number of imide groups is 1. The first-order chi connectivity index (χ1) is 13.2. The molecule has 2 N–H and O–H groups in total. The number of carbonyl (C=O) groups excluding carboxylic acids is 2. The third kappa shape index (κ3) is 2.94. The van der Waals surface area contributed by atoms with Crippen molar-refractivity contribution in [3.8, 4) is 17.2 Å². The van der Waals surface area contributed by atoms with Crippen molar-refractivity contribution >= 4 is 11.9 Å². The van der Waals surface area contributed by atoms with Crippen LogP contribution in [0.1, 0.15) is 33.1 Å². The van der Waals surface area contributed by atoms with Crippen molar-refractivity contribution in [3.63, 3.8) is 0 Å². The van der Waals surface area contributed by atoms with Crippen LogP contribution in [-0.2, 0) is 0 Å². The summed E-state index contributed by atoms with van der Waals surface area (Å²) in [5, 5.41) is 14.3. The second kappa shape index (κ2) is 6.77. The van der Waals surface area contributed by atoms with E-state index >= 15 is 0 Å². The second-order valence-corrected chi connectivity index (χ2v) is 6.19. The Bertz CT molecular complexity index is 1050. The fourth-order valence-electron chi connectivity index (χ4n) is 3.43. The zero-order valence-electron chi connectivity index (χ0n) is 14.3. The molecule has 4 rings (SSSR count). The lowest BCUT2D eigenvalue weighted by Gasteiger charge is -2.16. The first-order valence-corrected chi connectivity index (χ1v) is 8.48. The number of carbonyl (C=O) groups is 2. The summed E-state index contributed by atoms with van der Waals surface area (Å²) in [5.74, 6) is -0.607. The molecule has 3 aromatic carbocycles. The Labute approximate surface area is 156 Å². The summed E-state index contributed by atoms with van der Waals surface area (Å²) in [5.41, 5.74) is 4.50. The minimum atomic E-state index is -0.607. The van der Waals surface area contributed by atoms with E-state index in [9.17, 15) is 9.59 Å². The van der Waals surface area contributed by atoms with E-state index in [0.29, 0.717) is 0 Å². The van der Waals surface area contributed by atoms with Gasteiger partial charge in [-0.25, -0.2) is 4.79 Å². The molecule has 0 fully saturated rings. The molecular weight excluding hydrogens is 338 g/mol. The van der Waals surface area contributed by atoms with Crippen molar-refractivity contribution in [1.82, 2.24) is 10.6 Å². The molecule has 0 saturated carbocycles. The zero-order valence-corrected chi connectivity index (χ0v) is 14.3. The van der Waals surface area contributed by atoms with E-state index in [4.69, 9.17) is 5.26 Å². The van der Waals surface area contributed by atoms with Gasteiger partial charge in [0.05, 0.1) is 23.2 Å². The van der Waals surface area contributed by atoms with Gasteiger partial charge in [0.15, 0.2) is 0 Å². The van der Waals surface area contributed by atoms with E-state index in [1.807, 2.05) is 54.6 Å². The summed E-state index contributed by atoms with van der Waals surface area (Å²) in [6.45, 7) is 0. The van der Waals surface area contributed by atoms with Gasteiger partial charge < -0.3 is 5.32 Å². The van der Waals surface area contributed by atoms with E-state index in [-0.39, 0.29) is 17.2 Å². The molecule has 1 aliphatic carbocycles. The van der Waals surface area contributed by atoms with Gasteiger partial charge in [-0.1, -0.05) is 60.7 Å². The maximum absolute atomic E-state index is 12.5. The van der Waals surface area contributed by atoms with Gasteiger partial charge in [-0.05, 0) is 34.4 Å². The zero-order chi connectivity index (χ0) is 18.8. The fraction of sp³-hybridized carbons (Fsp3) is 0.0455. The topological polar surface area (TPSA) is 82.0 Å². The van der Waals surface area contributed by atoms with Gasteiger partial charge in [-0.2, -0.15) is 5.26 Å². The monoisotopic (exact) mass is 353 g/mol. The van der Waals surface area contributed by atoms with E-state index in [1.54, 1.807) is 12.1 Å². The highest BCUT2D eigenvalue weighted by Gasteiger charge is 2.29. The molecule has 0 saturated heterocycles. The van der Waals surface area contributed by atoms with Crippen LogP contribution in [0, 0.1) is 11.3 Å². The Hall–Kier alpha value is -3.91. The highest BCUT2D eigenvalue weighted by Crippen LogP contribution is 2.42. The van der Waals surface area contributed by atoms with Crippen molar-refractivity contribution in [2.75, 3.05) is 0 Å². The van der Waals surface area contributed by atoms with Gasteiger partial charge in [0, 0.05) is 0 Å². The van der Waals surface area contributed by atoms with Gasteiger partial charge in [0.1, 0.15) is 0 Å². The molecule has 3 aromatic rings. The van der Waals surface area contributed by atoms with Gasteiger partial charge in [0.25, 0.3) is 5.91 Å². The van der Waals surface area contributed by atoms with Crippen LogP contribution < -0.4 is 10.6 Å². The van der Waals surface area contributed by atoms with Crippen LogP contribution in [0.25, 0.3) is 11.1 Å². The number of amides is 3. The van der Waals surface area contributed by atoms with E-state index in [1.165, 1.54) is 12.1 Å². The molecule has 0 aliphatic heterocycles. The second-order valence-electron chi connectivity index (χ2n) is 6.19. The number of hydrogen-bond donors (Lipinski definition) is 2. The van der Waals surface area contributed by atoms with E-state index in [2.05, 4.69) is 10.6 Å². The number of benzene rings is 3. The minimum absolute atomic E-state index is 0.169. The summed E-state index contributed by atoms with van der Waals surface area (Å²) < 4.78 is 0. The number of nitrogens with zero attached hydrogens (tertiary/aromatic N) is 1. The third-order valence-corrected chi connectivity index (χ3v) is 4.63. The number of fused-ring (bicyclic) bond motifs is 3. The predicted octanol–water partition coefficient (Wildman–Crippen LogP) is 3.77. The average molecular weight is 353 g/mol. The summed E-state index contributed by atoms with van der Waals surface area (Å²) in [6, 6.07) is 23.1. The minimum Gasteiger partial charge on any atom is -0.327 e. The molecule has 5 heteroatoms. The van der Waals surface area contributed by atoms with Crippen molar-refractivity contribution in [1.29, 1.82) is 5.26 Å². The van der Waals surface area contributed by atoms with Crippen LogP contribution in [0.5, 0.6) is 0 Å². The fourth-order valence-corrected chi connectivity index (χ4v) is 3.43. The van der Waals surface area contributed by atoms with E-state index in [0.717, 1.165) is 22.3 Å². The summed E-state index contributed by atoms with van der Waals surface area (Å²) in [7, 11) is 0. The Morgan fingerprint density at radius 1 is 0.815 bits per heavy atom. The lowest BCUT2D eigenvalue weighted by atomic mass is 10.1. The quantitative estimate of drug-likeness (QED) is 0.736. The molecule has 5 nitrogen and oxygen atoms in total. The third-order valence-electron chi connectivity index (χ3n) is 4.63. The number of hydrogen-bond acceptors (Lipinski definition) is 3. The first kappa shape index (κ1) is 16.6. The first-order valence-electron chi connectivity index (χ1n) is 8.48. The normalized spacial score (nSPS) is 11.8. The molecule has 0 bridgehead atoms. The lowest BCUT2D eigenvalue weighted by Crippen LogP contribution is -2.41. The highest BCUT2D eigenvalue weighted by molar-refractivity contribution is 6.05. The van der Waals surface area contributed by atoms with Gasteiger partial charge >= 0.3 is 6.03 Å². The average Bonchev–Trinajstić information content (AvgIpc) is 3.02. The summed E-state index contributed by atoms with van der Waals surface area (Å²) in [4.78, 5) is 24.9. The largest absolute Gasteiger partial charge is 0.327 e. The molecule has 0 spiro atoms. The van der Waals surface area contributed by atoms with Gasteiger partial charge in [-0.3, -0.25) is 10.1 Å². The van der Waals surface area contributed by atoms with Crippen molar-refractivity contribution in [2.24, 2.45) is 0 Å². The van der Waals surface area contributed by atoms with Crippen LogP contribution in [0.2, 0.25) is 0 Å². The van der Waals surface area contributed by atoms with Crippen molar-refractivity contribution in [2.45, 2.75) is 6.04 Å². The Kier molecular flexibility index (Phi) is 4.15. The van der Waals surface area contributed by atoms with Crippen molar-refractivity contribution in [3.05, 3.63) is 95.1 Å². The lowest BCUT2D eigenvalue weighted by molar-refractivity contribution is 0.0963. The van der Waals surface area contributed by atoms with Crippen LogP contribution in [0.15, 0.2) is 72.8 Å². The predicted molar refractivity (Wildman–Crippen MR) is 101 cm³/mol. The van der Waals surface area contributed by atoms with Gasteiger partial charge in [0.2, 0.25) is 0 Å². The summed E-state index contributed by atoms with van der Waals surface area (Å²) >= 11 is 0. The molecule has 0 aromatic heterocycles.